The predicted molar refractivity (Wildman–Crippen MR) is 49.3 cm³/mol. The average molecular weight is 217 g/mol. The summed E-state index contributed by atoms with van der Waals surface area (Å²) in [5, 5.41) is 2.41. The van der Waals surface area contributed by atoms with Gasteiger partial charge in [0.25, 0.3) is 10.1 Å². The van der Waals surface area contributed by atoms with E-state index in [9.17, 15) is 8.42 Å². The Labute approximate surface area is 97.1 Å². The van der Waals surface area contributed by atoms with E-state index in [0.717, 1.165) is 5.01 Å². The van der Waals surface area contributed by atoms with Crippen LogP contribution in [0.2, 0.25) is 0 Å². The first-order valence-corrected chi connectivity index (χ1v) is 5.32. The van der Waals surface area contributed by atoms with Gasteiger partial charge in [-0.1, -0.05) is 0 Å². The molecular formula is C5H8NNaO3S2. The molecule has 7 heteroatoms. The summed E-state index contributed by atoms with van der Waals surface area (Å²) >= 11 is 1.36. The summed E-state index contributed by atoms with van der Waals surface area (Å²) in [4.78, 5) is 3.88. The number of aryl methyl sites for hydroxylation is 1. The minimum atomic E-state index is -3.92. The van der Waals surface area contributed by atoms with Gasteiger partial charge in [-0.15, -0.1) is 11.3 Å². The SMILES string of the molecule is Cc1nc(CS(=O)(=O)O)cs1.[NaH]. The quantitative estimate of drug-likeness (QED) is 0.567. The van der Waals surface area contributed by atoms with E-state index >= 15 is 0 Å². The molecule has 1 aromatic rings. The Hall–Kier alpha value is 0.540. The molecule has 0 saturated carbocycles. The zero-order chi connectivity index (χ0) is 8.48. The number of rotatable bonds is 2. The second kappa shape index (κ2) is 4.69. The molecule has 0 unspecified atom stereocenters. The summed E-state index contributed by atoms with van der Waals surface area (Å²) in [6, 6.07) is 0. The Morgan fingerprint density at radius 1 is 1.67 bits per heavy atom. The second-order valence-corrected chi connectivity index (χ2v) is 4.60. The number of aromatic nitrogens is 1. The van der Waals surface area contributed by atoms with Crippen molar-refractivity contribution in [2.45, 2.75) is 12.7 Å². The molecule has 12 heavy (non-hydrogen) atoms. The van der Waals surface area contributed by atoms with Crippen molar-refractivity contribution >= 4 is 51.0 Å². The Balaban J connectivity index is 0.00000121. The molecule has 4 nitrogen and oxygen atoms in total. The van der Waals surface area contributed by atoms with Crippen LogP contribution in [-0.4, -0.2) is 47.5 Å². The Morgan fingerprint density at radius 3 is 2.58 bits per heavy atom. The molecule has 0 aliphatic heterocycles. The molecule has 1 heterocycles. The third kappa shape index (κ3) is 4.54. The van der Waals surface area contributed by atoms with Crippen molar-refractivity contribution in [3.05, 3.63) is 16.1 Å². The molecule has 0 fully saturated rings. The molecule has 0 spiro atoms. The summed E-state index contributed by atoms with van der Waals surface area (Å²) < 4.78 is 29.1. The summed E-state index contributed by atoms with van der Waals surface area (Å²) in [7, 11) is -3.92. The number of nitrogens with zero attached hydrogens (tertiary/aromatic N) is 1. The maximum absolute atomic E-state index is 10.3. The van der Waals surface area contributed by atoms with Crippen molar-refractivity contribution in [2.24, 2.45) is 0 Å². The first-order chi connectivity index (χ1) is 4.97. The van der Waals surface area contributed by atoms with Crippen LogP contribution in [0.5, 0.6) is 0 Å². The molecule has 64 valence electrons. The van der Waals surface area contributed by atoms with Gasteiger partial charge in [0.2, 0.25) is 0 Å². The van der Waals surface area contributed by atoms with Gasteiger partial charge >= 0.3 is 29.6 Å². The fraction of sp³-hybridized carbons (Fsp3) is 0.400. The van der Waals surface area contributed by atoms with Gasteiger partial charge in [0, 0.05) is 5.38 Å². The molecule has 0 aromatic carbocycles. The first-order valence-electron chi connectivity index (χ1n) is 2.83. The monoisotopic (exact) mass is 217 g/mol. The van der Waals surface area contributed by atoms with Crippen LogP contribution in [0, 0.1) is 6.92 Å². The van der Waals surface area contributed by atoms with E-state index < -0.39 is 15.9 Å². The van der Waals surface area contributed by atoms with E-state index in [1.165, 1.54) is 11.3 Å². The third-order valence-electron chi connectivity index (χ3n) is 0.997. The van der Waals surface area contributed by atoms with Crippen LogP contribution in [0.15, 0.2) is 5.38 Å². The summed E-state index contributed by atoms with van der Waals surface area (Å²) in [5.41, 5.74) is 0.398. The fourth-order valence-electron chi connectivity index (χ4n) is 0.661. The molecule has 1 N–H and O–H groups in total. The predicted octanol–water partition coefficient (Wildman–Crippen LogP) is 0.191. The molecule has 0 amide bonds. The molecule has 0 radical (unpaired) electrons. The second-order valence-electron chi connectivity index (χ2n) is 2.08. The standard InChI is InChI=1S/C5H7NO3S2.Na.H/c1-4-6-5(2-10-4)3-11(7,8)9;;/h2H,3H2,1H3,(H,7,8,9);;. The summed E-state index contributed by atoms with van der Waals surface area (Å²) in [6.07, 6.45) is 0. The van der Waals surface area contributed by atoms with Crippen LogP contribution in [-0.2, 0) is 15.9 Å². The van der Waals surface area contributed by atoms with E-state index in [-0.39, 0.29) is 29.6 Å². The van der Waals surface area contributed by atoms with Gasteiger partial charge in [-0.25, -0.2) is 4.98 Å². The molecular weight excluding hydrogens is 209 g/mol. The number of thiazole rings is 1. The first kappa shape index (κ1) is 12.5. The molecule has 0 atom stereocenters. The Morgan fingerprint density at radius 2 is 2.25 bits per heavy atom. The van der Waals surface area contributed by atoms with Gasteiger partial charge < -0.3 is 0 Å². The van der Waals surface area contributed by atoms with Gasteiger partial charge in [0.1, 0.15) is 5.75 Å². The number of hydrogen-bond acceptors (Lipinski definition) is 4. The van der Waals surface area contributed by atoms with Crippen LogP contribution in [0.1, 0.15) is 10.7 Å². The molecule has 0 saturated heterocycles. The van der Waals surface area contributed by atoms with E-state index in [4.69, 9.17) is 4.55 Å². The van der Waals surface area contributed by atoms with Crippen LogP contribution in [0.3, 0.4) is 0 Å². The summed E-state index contributed by atoms with van der Waals surface area (Å²) in [5.74, 6) is -0.392. The normalized spacial score (nSPS) is 10.8. The van der Waals surface area contributed by atoms with E-state index in [1.54, 1.807) is 12.3 Å². The van der Waals surface area contributed by atoms with Crippen molar-refractivity contribution < 1.29 is 13.0 Å². The van der Waals surface area contributed by atoms with Crippen molar-refractivity contribution in [1.29, 1.82) is 0 Å². The van der Waals surface area contributed by atoms with Gasteiger partial charge in [-0.3, -0.25) is 4.55 Å². The van der Waals surface area contributed by atoms with Crippen molar-refractivity contribution in [3.8, 4) is 0 Å². The average Bonchev–Trinajstić information content (AvgIpc) is 2.10. The van der Waals surface area contributed by atoms with Gasteiger partial charge in [0.15, 0.2) is 0 Å². The molecule has 0 aliphatic rings. The van der Waals surface area contributed by atoms with Gasteiger partial charge in [-0.05, 0) is 6.92 Å². The van der Waals surface area contributed by atoms with Crippen LogP contribution in [0.4, 0.5) is 0 Å². The van der Waals surface area contributed by atoms with Gasteiger partial charge in [-0.2, -0.15) is 8.42 Å². The number of hydrogen-bond donors (Lipinski definition) is 1. The molecule has 0 bridgehead atoms. The topological polar surface area (TPSA) is 67.3 Å². The van der Waals surface area contributed by atoms with Crippen molar-refractivity contribution in [3.63, 3.8) is 0 Å². The van der Waals surface area contributed by atoms with Crippen LogP contribution < -0.4 is 0 Å². The van der Waals surface area contributed by atoms with E-state index in [1.807, 2.05) is 0 Å². The van der Waals surface area contributed by atoms with Crippen LogP contribution in [0.25, 0.3) is 0 Å². The molecule has 1 rings (SSSR count). The zero-order valence-electron chi connectivity index (χ0n) is 5.81. The van der Waals surface area contributed by atoms with Crippen LogP contribution >= 0.6 is 11.3 Å². The van der Waals surface area contributed by atoms with E-state index in [0.29, 0.717) is 5.69 Å². The molecule has 0 aliphatic carbocycles. The third-order valence-corrected chi connectivity index (χ3v) is 2.48. The minimum absolute atomic E-state index is 0. The van der Waals surface area contributed by atoms with E-state index in [2.05, 4.69) is 4.98 Å². The fourth-order valence-corrected chi connectivity index (χ4v) is 1.90. The van der Waals surface area contributed by atoms with Crippen molar-refractivity contribution in [1.82, 2.24) is 4.98 Å². The molecule has 1 aromatic heterocycles. The van der Waals surface area contributed by atoms with Crippen molar-refractivity contribution in [2.75, 3.05) is 0 Å². The Kier molecular flexibility index (Phi) is 4.90. The Bertz CT molecular complexity index is 345. The summed E-state index contributed by atoms with van der Waals surface area (Å²) in [6.45, 7) is 1.78. The maximum atomic E-state index is 10.3. The van der Waals surface area contributed by atoms with Gasteiger partial charge in [0.05, 0.1) is 10.7 Å². The zero-order valence-corrected chi connectivity index (χ0v) is 7.44.